The van der Waals surface area contributed by atoms with E-state index in [2.05, 4.69) is 4.90 Å². The number of methoxy groups -OCH3 is 1. The third-order valence-electron chi connectivity index (χ3n) is 3.61. The van der Waals surface area contributed by atoms with E-state index in [0.717, 1.165) is 30.0 Å². The van der Waals surface area contributed by atoms with Gasteiger partial charge in [-0.15, -0.1) is 0 Å². The number of nitrogens with zero attached hydrogens (tertiary/aromatic N) is 1. The molecule has 2 atom stereocenters. The van der Waals surface area contributed by atoms with Crippen LogP contribution in [0.2, 0.25) is 0 Å². The molecule has 0 saturated carbocycles. The van der Waals surface area contributed by atoms with Crippen molar-refractivity contribution in [3.05, 3.63) is 29.3 Å². The Morgan fingerprint density at radius 1 is 1.35 bits per heavy atom. The zero-order chi connectivity index (χ0) is 14.7. The van der Waals surface area contributed by atoms with E-state index in [1.807, 2.05) is 39.0 Å². The van der Waals surface area contributed by atoms with Gasteiger partial charge in [-0.2, -0.15) is 0 Å². The molecular weight excluding hydrogens is 254 g/mol. The maximum Gasteiger partial charge on any atom is 0.177 e. The van der Waals surface area contributed by atoms with Crippen LogP contribution in [0.5, 0.6) is 5.75 Å². The summed E-state index contributed by atoms with van der Waals surface area (Å²) in [6.07, 6.45) is 0.357. The molecule has 20 heavy (non-hydrogen) atoms. The summed E-state index contributed by atoms with van der Waals surface area (Å²) in [5, 5.41) is 0. The van der Waals surface area contributed by atoms with Gasteiger partial charge >= 0.3 is 0 Å². The predicted octanol–water partition coefficient (Wildman–Crippen LogP) is 2.30. The summed E-state index contributed by atoms with van der Waals surface area (Å²) >= 11 is 0. The van der Waals surface area contributed by atoms with Crippen LogP contribution in [-0.4, -0.2) is 49.6 Å². The molecule has 1 heterocycles. The van der Waals surface area contributed by atoms with Crippen LogP contribution in [0.3, 0.4) is 0 Å². The number of rotatable bonds is 4. The molecular formula is C16H23NO3. The van der Waals surface area contributed by atoms with Crippen molar-refractivity contribution in [1.82, 2.24) is 4.90 Å². The first-order valence-electron chi connectivity index (χ1n) is 7.05. The highest BCUT2D eigenvalue weighted by molar-refractivity contribution is 5.99. The third-order valence-corrected chi connectivity index (χ3v) is 3.61. The molecule has 4 heteroatoms. The second-order valence-corrected chi connectivity index (χ2v) is 5.56. The maximum absolute atomic E-state index is 12.5. The van der Waals surface area contributed by atoms with E-state index in [0.29, 0.717) is 6.54 Å². The van der Waals surface area contributed by atoms with Gasteiger partial charge in [0.1, 0.15) is 5.75 Å². The Bertz CT molecular complexity index is 477. The highest BCUT2D eigenvalue weighted by Crippen LogP contribution is 2.19. The van der Waals surface area contributed by atoms with Crippen LogP contribution in [0.1, 0.15) is 29.8 Å². The van der Waals surface area contributed by atoms with Crippen LogP contribution >= 0.6 is 0 Å². The molecule has 2 rings (SSSR count). The SMILES string of the molecule is COc1ccc(C)c(C(=O)CN2CC(C)OC(C)C2)c1. The summed E-state index contributed by atoms with van der Waals surface area (Å²) in [6, 6.07) is 5.63. The zero-order valence-electron chi connectivity index (χ0n) is 12.7. The summed E-state index contributed by atoms with van der Waals surface area (Å²) in [4.78, 5) is 14.6. The molecule has 0 aromatic heterocycles. The molecule has 0 aliphatic carbocycles. The number of carbonyl (C=O) groups excluding carboxylic acids is 1. The summed E-state index contributed by atoms with van der Waals surface area (Å²) in [5.41, 5.74) is 1.74. The Labute approximate surface area is 120 Å². The van der Waals surface area contributed by atoms with Crippen LogP contribution < -0.4 is 4.74 Å². The fourth-order valence-electron chi connectivity index (χ4n) is 2.73. The number of morpholine rings is 1. The van der Waals surface area contributed by atoms with Crippen molar-refractivity contribution < 1.29 is 14.3 Å². The van der Waals surface area contributed by atoms with Gasteiger partial charge in [0.25, 0.3) is 0 Å². The Morgan fingerprint density at radius 3 is 2.60 bits per heavy atom. The van der Waals surface area contributed by atoms with Gasteiger partial charge in [-0.25, -0.2) is 0 Å². The monoisotopic (exact) mass is 277 g/mol. The minimum absolute atomic E-state index is 0.141. The lowest BCUT2D eigenvalue weighted by Gasteiger charge is -2.34. The average molecular weight is 277 g/mol. The van der Waals surface area contributed by atoms with Crippen LogP contribution in [0.4, 0.5) is 0 Å². The Hall–Kier alpha value is -1.39. The van der Waals surface area contributed by atoms with E-state index in [-0.39, 0.29) is 18.0 Å². The normalized spacial score (nSPS) is 23.6. The molecule has 1 aromatic carbocycles. The van der Waals surface area contributed by atoms with E-state index in [4.69, 9.17) is 9.47 Å². The lowest BCUT2D eigenvalue weighted by molar-refractivity contribution is -0.0652. The smallest absolute Gasteiger partial charge is 0.177 e. The van der Waals surface area contributed by atoms with E-state index >= 15 is 0 Å². The Morgan fingerprint density at radius 2 is 2.00 bits per heavy atom. The molecule has 0 radical (unpaired) electrons. The number of hydrogen-bond donors (Lipinski definition) is 0. The molecule has 1 aliphatic heterocycles. The number of ketones is 1. The van der Waals surface area contributed by atoms with Gasteiger partial charge in [0.2, 0.25) is 0 Å². The number of ether oxygens (including phenoxy) is 2. The molecule has 1 fully saturated rings. The highest BCUT2D eigenvalue weighted by Gasteiger charge is 2.24. The molecule has 1 aromatic rings. The van der Waals surface area contributed by atoms with Gasteiger partial charge < -0.3 is 9.47 Å². The van der Waals surface area contributed by atoms with Crippen molar-refractivity contribution in [3.63, 3.8) is 0 Å². The highest BCUT2D eigenvalue weighted by atomic mass is 16.5. The summed E-state index contributed by atoms with van der Waals surface area (Å²) < 4.78 is 10.9. The number of aryl methyl sites for hydroxylation is 1. The first-order valence-corrected chi connectivity index (χ1v) is 7.05. The molecule has 0 bridgehead atoms. The maximum atomic E-state index is 12.5. The number of hydrogen-bond acceptors (Lipinski definition) is 4. The topological polar surface area (TPSA) is 38.8 Å². The van der Waals surface area contributed by atoms with Crippen LogP contribution in [-0.2, 0) is 4.74 Å². The Balaban J connectivity index is 2.08. The van der Waals surface area contributed by atoms with Gasteiger partial charge in [0.05, 0.1) is 25.9 Å². The van der Waals surface area contributed by atoms with E-state index in [9.17, 15) is 4.79 Å². The zero-order valence-corrected chi connectivity index (χ0v) is 12.7. The minimum Gasteiger partial charge on any atom is -0.497 e. The molecule has 2 unspecified atom stereocenters. The van der Waals surface area contributed by atoms with E-state index in [1.54, 1.807) is 7.11 Å². The van der Waals surface area contributed by atoms with Crippen LogP contribution in [0, 0.1) is 6.92 Å². The first-order chi connectivity index (χ1) is 9.49. The molecule has 1 saturated heterocycles. The number of Topliss-reactive ketones (excluding diaryl/α,β-unsaturated/α-hetero) is 1. The summed E-state index contributed by atoms with van der Waals surface area (Å²) in [7, 11) is 1.62. The largest absolute Gasteiger partial charge is 0.497 e. The fraction of sp³-hybridized carbons (Fsp3) is 0.562. The van der Waals surface area contributed by atoms with Crippen molar-refractivity contribution >= 4 is 5.78 Å². The van der Waals surface area contributed by atoms with Crippen molar-refractivity contribution in [2.75, 3.05) is 26.7 Å². The van der Waals surface area contributed by atoms with Crippen LogP contribution in [0.25, 0.3) is 0 Å². The van der Waals surface area contributed by atoms with Gasteiger partial charge in [0.15, 0.2) is 5.78 Å². The first kappa shape index (κ1) is 15.0. The predicted molar refractivity (Wildman–Crippen MR) is 78.5 cm³/mol. The van der Waals surface area contributed by atoms with Gasteiger partial charge in [-0.05, 0) is 38.5 Å². The number of benzene rings is 1. The quantitative estimate of drug-likeness (QED) is 0.792. The molecule has 0 amide bonds. The molecule has 1 aliphatic rings. The van der Waals surface area contributed by atoms with Crippen molar-refractivity contribution in [1.29, 1.82) is 0 Å². The number of carbonyl (C=O) groups is 1. The molecule has 0 spiro atoms. The standard InChI is InChI=1S/C16H23NO3/c1-11-5-6-14(19-4)7-15(11)16(18)10-17-8-12(2)20-13(3)9-17/h5-7,12-13H,8-10H2,1-4H3. The van der Waals surface area contributed by atoms with Crippen molar-refractivity contribution in [2.45, 2.75) is 33.0 Å². The summed E-state index contributed by atoms with van der Waals surface area (Å²) in [5.74, 6) is 0.866. The van der Waals surface area contributed by atoms with E-state index < -0.39 is 0 Å². The minimum atomic E-state index is 0.141. The molecule has 0 N–H and O–H groups in total. The van der Waals surface area contributed by atoms with Crippen molar-refractivity contribution in [3.8, 4) is 5.75 Å². The van der Waals surface area contributed by atoms with Crippen LogP contribution in [0.15, 0.2) is 18.2 Å². The fourth-order valence-corrected chi connectivity index (χ4v) is 2.73. The molecule has 110 valence electrons. The Kier molecular flexibility index (Phi) is 4.78. The lowest BCUT2D eigenvalue weighted by Crippen LogP contribution is -2.47. The third kappa shape index (κ3) is 3.58. The van der Waals surface area contributed by atoms with Crippen molar-refractivity contribution in [2.24, 2.45) is 0 Å². The van der Waals surface area contributed by atoms with Gasteiger partial charge in [-0.3, -0.25) is 9.69 Å². The van der Waals surface area contributed by atoms with Gasteiger partial charge in [-0.1, -0.05) is 6.07 Å². The van der Waals surface area contributed by atoms with Gasteiger partial charge in [0, 0.05) is 18.7 Å². The average Bonchev–Trinajstić information content (AvgIpc) is 2.37. The second-order valence-electron chi connectivity index (χ2n) is 5.56. The summed E-state index contributed by atoms with van der Waals surface area (Å²) in [6.45, 7) is 8.09. The molecule has 4 nitrogen and oxygen atoms in total. The second kappa shape index (κ2) is 6.37. The van der Waals surface area contributed by atoms with E-state index in [1.165, 1.54) is 0 Å². The lowest BCUT2D eigenvalue weighted by atomic mass is 10.0.